The molecule has 18 heavy (non-hydrogen) atoms. The van der Waals surface area contributed by atoms with Crippen molar-refractivity contribution in [3.8, 4) is 6.07 Å². The van der Waals surface area contributed by atoms with Gasteiger partial charge in [0.2, 0.25) is 10.0 Å². The highest BCUT2D eigenvalue weighted by Gasteiger charge is 2.32. The van der Waals surface area contributed by atoms with E-state index < -0.39 is 10.0 Å². The van der Waals surface area contributed by atoms with E-state index in [2.05, 4.69) is 0 Å². The number of nitrogens with zero attached hydrogens (tertiary/aromatic N) is 2. The van der Waals surface area contributed by atoms with Gasteiger partial charge in [-0.1, -0.05) is 12.8 Å². The summed E-state index contributed by atoms with van der Waals surface area (Å²) >= 11 is 0. The van der Waals surface area contributed by atoms with Gasteiger partial charge in [-0.2, -0.15) is 5.26 Å². The minimum atomic E-state index is -3.26. The normalized spacial score (nSPS) is 16.4. The van der Waals surface area contributed by atoms with E-state index in [1.165, 1.54) is 4.31 Å². The van der Waals surface area contributed by atoms with Gasteiger partial charge in [-0.3, -0.25) is 4.31 Å². The molecule has 0 atom stereocenters. The third-order valence-electron chi connectivity index (χ3n) is 3.47. The Morgan fingerprint density at radius 1 is 1.22 bits per heavy atom. The van der Waals surface area contributed by atoms with Gasteiger partial charge in [0.15, 0.2) is 0 Å². The highest BCUT2D eigenvalue weighted by Crippen LogP contribution is 2.29. The lowest BCUT2D eigenvalue weighted by Gasteiger charge is -2.23. The van der Waals surface area contributed by atoms with Crippen molar-refractivity contribution in [3.05, 3.63) is 29.8 Å². The molecule has 1 aliphatic rings. The molecule has 0 N–H and O–H groups in total. The van der Waals surface area contributed by atoms with Crippen molar-refractivity contribution in [1.82, 2.24) is 0 Å². The lowest BCUT2D eigenvalue weighted by molar-refractivity contribution is 0.578. The Labute approximate surface area is 108 Å². The van der Waals surface area contributed by atoms with E-state index in [1.54, 1.807) is 31.3 Å². The average molecular weight is 264 g/mol. The highest BCUT2D eigenvalue weighted by molar-refractivity contribution is 7.93. The molecule has 5 heteroatoms. The molecular weight excluding hydrogens is 248 g/mol. The molecule has 96 valence electrons. The Balaban J connectivity index is 2.24. The van der Waals surface area contributed by atoms with E-state index in [1.807, 2.05) is 6.07 Å². The van der Waals surface area contributed by atoms with E-state index >= 15 is 0 Å². The third-order valence-corrected chi connectivity index (χ3v) is 5.75. The first-order valence-corrected chi connectivity index (χ1v) is 7.54. The van der Waals surface area contributed by atoms with Crippen molar-refractivity contribution in [1.29, 1.82) is 5.26 Å². The molecule has 0 heterocycles. The summed E-state index contributed by atoms with van der Waals surface area (Å²) < 4.78 is 26.0. The van der Waals surface area contributed by atoms with E-state index in [4.69, 9.17) is 5.26 Å². The maximum Gasteiger partial charge on any atom is 0.237 e. The number of nitriles is 1. The molecule has 0 saturated heterocycles. The number of sulfonamides is 1. The highest BCUT2D eigenvalue weighted by atomic mass is 32.2. The molecule has 0 amide bonds. The maximum atomic E-state index is 12.3. The van der Waals surface area contributed by atoms with Crippen LogP contribution in [0, 0.1) is 11.3 Å². The minimum absolute atomic E-state index is 0.252. The Hall–Kier alpha value is -1.54. The van der Waals surface area contributed by atoms with Crippen LogP contribution in [-0.2, 0) is 10.0 Å². The summed E-state index contributed by atoms with van der Waals surface area (Å²) in [6.45, 7) is 0. The summed E-state index contributed by atoms with van der Waals surface area (Å²) in [7, 11) is -1.68. The van der Waals surface area contributed by atoms with Gasteiger partial charge in [0.05, 0.1) is 22.6 Å². The standard InChI is InChI=1S/C13H16N2O2S/c1-15(12-8-6-11(10-14)7-9-12)18(16,17)13-4-2-3-5-13/h6-9,13H,2-5H2,1H3. The third kappa shape index (κ3) is 2.34. The van der Waals surface area contributed by atoms with Crippen LogP contribution in [0.3, 0.4) is 0 Å². The molecule has 0 unspecified atom stereocenters. The Bertz CT molecular complexity index is 552. The number of rotatable bonds is 3. The molecule has 0 aliphatic heterocycles. The summed E-state index contributed by atoms with van der Waals surface area (Å²) in [5, 5.41) is 8.47. The van der Waals surface area contributed by atoms with Gasteiger partial charge in [-0.25, -0.2) is 8.42 Å². The summed E-state index contributed by atoms with van der Waals surface area (Å²) in [4.78, 5) is 0. The van der Waals surface area contributed by atoms with E-state index in [9.17, 15) is 8.42 Å². The molecule has 1 saturated carbocycles. The second-order valence-corrected chi connectivity index (χ2v) is 6.82. The van der Waals surface area contributed by atoms with Gasteiger partial charge < -0.3 is 0 Å². The predicted octanol–water partition coefficient (Wildman–Crippen LogP) is 2.27. The van der Waals surface area contributed by atoms with Crippen LogP contribution < -0.4 is 4.31 Å². The van der Waals surface area contributed by atoms with Crippen molar-refractivity contribution in [2.75, 3.05) is 11.4 Å². The van der Waals surface area contributed by atoms with Crippen molar-refractivity contribution >= 4 is 15.7 Å². The second-order valence-electron chi connectivity index (χ2n) is 4.58. The fourth-order valence-electron chi connectivity index (χ4n) is 2.30. The van der Waals surface area contributed by atoms with Crippen molar-refractivity contribution in [3.63, 3.8) is 0 Å². The summed E-state index contributed by atoms with van der Waals surface area (Å²) in [5.41, 5.74) is 1.14. The first-order valence-electron chi connectivity index (χ1n) is 6.03. The molecular formula is C13H16N2O2S. The zero-order valence-corrected chi connectivity index (χ0v) is 11.2. The lowest BCUT2D eigenvalue weighted by Crippen LogP contribution is -2.34. The van der Waals surface area contributed by atoms with Crippen LogP contribution in [0.1, 0.15) is 31.2 Å². The summed E-state index contributed by atoms with van der Waals surface area (Å²) in [6, 6.07) is 8.63. The largest absolute Gasteiger partial charge is 0.273 e. The molecule has 0 spiro atoms. The summed E-state index contributed by atoms with van der Waals surface area (Å²) in [6.07, 6.45) is 3.49. The molecule has 1 aromatic carbocycles. The Morgan fingerprint density at radius 2 is 1.78 bits per heavy atom. The molecule has 1 aliphatic carbocycles. The molecule has 2 rings (SSSR count). The average Bonchev–Trinajstić information content (AvgIpc) is 2.92. The zero-order chi connectivity index (χ0) is 13.2. The fraction of sp³-hybridized carbons (Fsp3) is 0.462. The van der Waals surface area contributed by atoms with Gasteiger partial charge in [0, 0.05) is 7.05 Å². The number of hydrogen-bond acceptors (Lipinski definition) is 3. The van der Waals surface area contributed by atoms with Gasteiger partial charge in [0.1, 0.15) is 0 Å². The zero-order valence-electron chi connectivity index (χ0n) is 10.3. The van der Waals surface area contributed by atoms with Crippen LogP contribution in [0.4, 0.5) is 5.69 Å². The monoisotopic (exact) mass is 264 g/mol. The Kier molecular flexibility index (Phi) is 3.58. The molecule has 0 bridgehead atoms. The van der Waals surface area contributed by atoms with Crippen LogP contribution in [0.5, 0.6) is 0 Å². The molecule has 0 radical (unpaired) electrons. The van der Waals surface area contributed by atoms with Crippen LogP contribution in [-0.4, -0.2) is 20.7 Å². The van der Waals surface area contributed by atoms with Crippen LogP contribution in [0.2, 0.25) is 0 Å². The quantitative estimate of drug-likeness (QED) is 0.841. The fourth-order valence-corrected chi connectivity index (χ4v) is 4.09. The summed E-state index contributed by atoms with van der Waals surface area (Å²) in [5.74, 6) is 0. The first kappa shape index (κ1) is 12.9. The second kappa shape index (κ2) is 4.99. The van der Waals surface area contributed by atoms with Crippen LogP contribution >= 0.6 is 0 Å². The molecule has 0 aromatic heterocycles. The SMILES string of the molecule is CN(c1ccc(C#N)cc1)S(=O)(=O)C1CCCC1. The number of benzene rings is 1. The molecule has 1 fully saturated rings. The van der Waals surface area contributed by atoms with Crippen molar-refractivity contribution in [2.45, 2.75) is 30.9 Å². The Morgan fingerprint density at radius 3 is 2.28 bits per heavy atom. The lowest BCUT2D eigenvalue weighted by atomic mass is 10.2. The number of hydrogen-bond donors (Lipinski definition) is 0. The van der Waals surface area contributed by atoms with Gasteiger partial charge >= 0.3 is 0 Å². The molecule has 4 nitrogen and oxygen atoms in total. The minimum Gasteiger partial charge on any atom is -0.273 e. The van der Waals surface area contributed by atoms with Crippen LogP contribution in [0.15, 0.2) is 24.3 Å². The topological polar surface area (TPSA) is 61.2 Å². The molecule has 1 aromatic rings. The van der Waals surface area contributed by atoms with Crippen molar-refractivity contribution in [2.24, 2.45) is 0 Å². The van der Waals surface area contributed by atoms with E-state index in [0.717, 1.165) is 25.7 Å². The smallest absolute Gasteiger partial charge is 0.237 e. The first-order chi connectivity index (χ1) is 8.55. The van der Waals surface area contributed by atoms with Crippen molar-refractivity contribution < 1.29 is 8.42 Å². The predicted molar refractivity (Wildman–Crippen MR) is 70.7 cm³/mol. The van der Waals surface area contributed by atoms with Gasteiger partial charge in [0.25, 0.3) is 0 Å². The number of anilines is 1. The van der Waals surface area contributed by atoms with Gasteiger partial charge in [-0.05, 0) is 37.1 Å². The van der Waals surface area contributed by atoms with Crippen LogP contribution in [0.25, 0.3) is 0 Å². The van der Waals surface area contributed by atoms with E-state index in [0.29, 0.717) is 11.3 Å². The maximum absolute atomic E-state index is 12.3. The van der Waals surface area contributed by atoms with Gasteiger partial charge in [-0.15, -0.1) is 0 Å². The van der Waals surface area contributed by atoms with E-state index in [-0.39, 0.29) is 5.25 Å².